The third-order valence-electron chi connectivity index (χ3n) is 3.36. The molecule has 1 fully saturated rings. The molecule has 0 aromatic heterocycles. The fraction of sp³-hybridized carbons (Fsp3) is 0.600. The number of fused-ring (bicyclic) bond motifs is 3. The van der Waals surface area contributed by atoms with Crippen molar-refractivity contribution < 1.29 is 0 Å². The van der Waals surface area contributed by atoms with Gasteiger partial charge < -0.3 is 0 Å². The molecule has 2 unspecified atom stereocenters. The molecule has 2 bridgehead atoms. The van der Waals surface area contributed by atoms with Gasteiger partial charge in [-0.15, -0.1) is 0 Å². The van der Waals surface area contributed by atoms with Crippen LogP contribution < -0.4 is 0 Å². The predicted molar refractivity (Wildman–Crippen MR) is 41.5 cm³/mol. The van der Waals surface area contributed by atoms with Crippen LogP contribution in [0.3, 0.4) is 0 Å². The minimum atomic E-state index is 0.670. The second-order valence-electron chi connectivity index (χ2n) is 3.98. The SMILES string of the molecule is C1=CC2CC1C=CC21CC1. The minimum absolute atomic E-state index is 0.670. The zero-order chi connectivity index (χ0) is 6.60. The van der Waals surface area contributed by atoms with E-state index >= 15 is 0 Å². The van der Waals surface area contributed by atoms with Gasteiger partial charge in [-0.25, -0.2) is 0 Å². The van der Waals surface area contributed by atoms with Gasteiger partial charge in [-0.1, -0.05) is 24.3 Å². The Kier molecular flexibility index (Phi) is 0.719. The number of allylic oxidation sites excluding steroid dienone is 4. The van der Waals surface area contributed by atoms with E-state index < -0.39 is 0 Å². The van der Waals surface area contributed by atoms with Crippen molar-refractivity contribution in [3.05, 3.63) is 24.3 Å². The van der Waals surface area contributed by atoms with Crippen LogP contribution in [0.5, 0.6) is 0 Å². The van der Waals surface area contributed by atoms with Crippen molar-refractivity contribution >= 4 is 0 Å². The molecule has 0 nitrogen and oxygen atoms in total. The van der Waals surface area contributed by atoms with E-state index in [1.54, 1.807) is 0 Å². The van der Waals surface area contributed by atoms with Crippen LogP contribution in [0.25, 0.3) is 0 Å². The van der Waals surface area contributed by atoms with E-state index in [-0.39, 0.29) is 0 Å². The quantitative estimate of drug-likeness (QED) is 0.444. The lowest BCUT2D eigenvalue weighted by atomic mass is 9.82. The van der Waals surface area contributed by atoms with Crippen molar-refractivity contribution in [2.24, 2.45) is 17.3 Å². The van der Waals surface area contributed by atoms with Gasteiger partial charge in [0.25, 0.3) is 0 Å². The summed E-state index contributed by atoms with van der Waals surface area (Å²) in [5.41, 5.74) is 0.670. The van der Waals surface area contributed by atoms with Gasteiger partial charge in [0.15, 0.2) is 0 Å². The van der Waals surface area contributed by atoms with Crippen molar-refractivity contribution in [2.75, 3.05) is 0 Å². The van der Waals surface area contributed by atoms with Gasteiger partial charge >= 0.3 is 0 Å². The fourth-order valence-corrected chi connectivity index (χ4v) is 2.42. The molecule has 0 saturated heterocycles. The number of rotatable bonds is 0. The molecule has 1 spiro atoms. The standard InChI is InChI=1S/C10H12/c1-2-9-7-8(1)3-4-10(9)5-6-10/h1-4,8-9H,5-7H2. The molecule has 0 N–H and O–H groups in total. The topological polar surface area (TPSA) is 0 Å². The van der Waals surface area contributed by atoms with Crippen molar-refractivity contribution in [1.29, 1.82) is 0 Å². The maximum Gasteiger partial charge on any atom is -0.00473 e. The lowest BCUT2D eigenvalue weighted by Crippen LogP contribution is -2.14. The van der Waals surface area contributed by atoms with Crippen LogP contribution in [0.1, 0.15) is 19.3 Å². The highest BCUT2D eigenvalue weighted by Gasteiger charge is 2.49. The molecule has 0 aromatic carbocycles. The molecule has 0 aromatic rings. The molecule has 10 heavy (non-hydrogen) atoms. The van der Waals surface area contributed by atoms with Crippen LogP contribution in [0.2, 0.25) is 0 Å². The molecule has 0 amide bonds. The third kappa shape index (κ3) is 0.484. The lowest BCUT2D eigenvalue weighted by Gasteiger charge is -2.22. The maximum atomic E-state index is 2.48. The average molecular weight is 132 g/mol. The second kappa shape index (κ2) is 1.39. The van der Waals surface area contributed by atoms with E-state index in [0.29, 0.717) is 5.41 Å². The first-order valence-electron chi connectivity index (χ1n) is 4.27. The van der Waals surface area contributed by atoms with E-state index in [9.17, 15) is 0 Å². The van der Waals surface area contributed by atoms with E-state index in [2.05, 4.69) is 24.3 Å². The summed E-state index contributed by atoms with van der Waals surface area (Å²) in [5.74, 6) is 1.72. The third-order valence-corrected chi connectivity index (χ3v) is 3.36. The van der Waals surface area contributed by atoms with Gasteiger partial charge in [-0.05, 0) is 36.5 Å². The molecular formula is C10H12. The molecular weight excluding hydrogens is 120 g/mol. The lowest BCUT2D eigenvalue weighted by molar-refractivity contribution is 0.405. The fourth-order valence-electron chi connectivity index (χ4n) is 2.42. The summed E-state index contributed by atoms with van der Waals surface area (Å²) in [7, 11) is 0. The van der Waals surface area contributed by atoms with Gasteiger partial charge in [-0.2, -0.15) is 0 Å². The Morgan fingerprint density at radius 2 is 2.00 bits per heavy atom. The summed E-state index contributed by atoms with van der Waals surface area (Å²) in [6.45, 7) is 0. The summed E-state index contributed by atoms with van der Waals surface area (Å²) >= 11 is 0. The van der Waals surface area contributed by atoms with E-state index in [0.717, 1.165) is 11.8 Å². The predicted octanol–water partition coefficient (Wildman–Crippen LogP) is 2.53. The molecule has 0 radical (unpaired) electrons. The van der Waals surface area contributed by atoms with Gasteiger partial charge in [0.2, 0.25) is 0 Å². The normalized spacial score (nSPS) is 44.8. The Morgan fingerprint density at radius 1 is 1.10 bits per heavy atom. The van der Waals surface area contributed by atoms with Crippen molar-refractivity contribution in [3.63, 3.8) is 0 Å². The molecule has 0 heterocycles. The zero-order valence-electron chi connectivity index (χ0n) is 6.09. The van der Waals surface area contributed by atoms with E-state index in [1.807, 2.05) is 0 Å². The molecule has 0 heteroatoms. The summed E-state index contributed by atoms with van der Waals surface area (Å²) in [5, 5.41) is 0. The highest BCUT2D eigenvalue weighted by atomic mass is 14.5. The van der Waals surface area contributed by atoms with Gasteiger partial charge in [0.05, 0.1) is 0 Å². The molecule has 3 rings (SSSR count). The molecule has 1 saturated carbocycles. The van der Waals surface area contributed by atoms with Crippen LogP contribution >= 0.6 is 0 Å². The van der Waals surface area contributed by atoms with Crippen molar-refractivity contribution in [2.45, 2.75) is 19.3 Å². The van der Waals surface area contributed by atoms with Crippen LogP contribution in [-0.4, -0.2) is 0 Å². The van der Waals surface area contributed by atoms with Crippen LogP contribution in [0.15, 0.2) is 24.3 Å². The number of hydrogen-bond acceptors (Lipinski definition) is 0. The minimum Gasteiger partial charge on any atom is -0.0839 e. The van der Waals surface area contributed by atoms with Gasteiger partial charge in [0, 0.05) is 0 Å². The summed E-state index contributed by atoms with van der Waals surface area (Å²) in [6.07, 6.45) is 14.0. The average Bonchev–Trinajstić information content (AvgIpc) is 2.63. The largest absolute Gasteiger partial charge is 0.0839 e. The molecule has 52 valence electrons. The molecule has 3 aliphatic carbocycles. The Hall–Kier alpha value is -0.520. The Morgan fingerprint density at radius 3 is 2.80 bits per heavy atom. The second-order valence-corrected chi connectivity index (χ2v) is 3.98. The maximum absolute atomic E-state index is 2.48. The first-order valence-corrected chi connectivity index (χ1v) is 4.27. The summed E-state index contributed by atoms with van der Waals surface area (Å²) in [6, 6.07) is 0. The number of hydrogen-bond donors (Lipinski definition) is 0. The van der Waals surface area contributed by atoms with Crippen LogP contribution in [0, 0.1) is 17.3 Å². The van der Waals surface area contributed by atoms with Crippen molar-refractivity contribution in [3.8, 4) is 0 Å². The van der Waals surface area contributed by atoms with E-state index in [4.69, 9.17) is 0 Å². The summed E-state index contributed by atoms with van der Waals surface area (Å²) < 4.78 is 0. The highest BCUT2D eigenvalue weighted by Crippen LogP contribution is 2.59. The first kappa shape index (κ1) is 5.17. The van der Waals surface area contributed by atoms with Crippen LogP contribution in [0.4, 0.5) is 0 Å². The van der Waals surface area contributed by atoms with Gasteiger partial charge in [-0.3, -0.25) is 0 Å². The van der Waals surface area contributed by atoms with E-state index in [1.165, 1.54) is 19.3 Å². The summed E-state index contributed by atoms with van der Waals surface area (Å²) in [4.78, 5) is 0. The van der Waals surface area contributed by atoms with Crippen molar-refractivity contribution in [1.82, 2.24) is 0 Å². The Balaban J connectivity index is 2.08. The van der Waals surface area contributed by atoms with Crippen LogP contribution in [-0.2, 0) is 0 Å². The molecule has 3 aliphatic rings. The smallest absolute Gasteiger partial charge is 0.00473 e. The Bertz CT molecular complexity index is 218. The first-order chi connectivity index (χ1) is 4.89. The zero-order valence-corrected chi connectivity index (χ0v) is 6.09. The Labute approximate surface area is 61.6 Å². The molecule has 2 atom stereocenters. The van der Waals surface area contributed by atoms with Gasteiger partial charge in [0.1, 0.15) is 0 Å². The molecule has 0 aliphatic heterocycles. The highest BCUT2D eigenvalue weighted by molar-refractivity contribution is 5.27. The monoisotopic (exact) mass is 132 g/mol.